The number of rotatable bonds is 4. The van der Waals surface area contributed by atoms with E-state index >= 15 is 0 Å². The van der Waals surface area contributed by atoms with E-state index in [4.69, 9.17) is 15.7 Å². The van der Waals surface area contributed by atoms with Crippen molar-refractivity contribution < 1.29 is 14.7 Å². The second kappa shape index (κ2) is 5.40. The molecule has 0 heterocycles. The van der Waals surface area contributed by atoms with Gasteiger partial charge in [0.15, 0.2) is 5.84 Å². The van der Waals surface area contributed by atoms with Crippen molar-refractivity contribution in [2.24, 2.45) is 16.3 Å². The lowest BCUT2D eigenvalue weighted by molar-refractivity contribution is -0.128. The minimum absolute atomic E-state index is 0.0107. The molecule has 1 amide bonds. The lowest BCUT2D eigenvalue weighted by Gasteiger charge is -2.41. The first-order valence-electron chi connectivity index (χ1n) is 6.45. The SMILES string of the molecule is COc1cccc(N(C)C(=O)C2(/C(N)=N/O)CCC2)c1. The van der Waals surface area contributed by atoms with Gasteiger partial charge in [-0.25, -0.2) is 0 Å². The van der Waals surface area contributed by atoms with Crippen molar-refractivity contribution in [2.45, 2.75) is 19.3 Å². The lowest BCUT2D eigenvalue weighted by Crippen LogP contribution is -2.54. The molecule has 0 saturated heterocycles. The van der Waals surface area contributed by atoms with E-state index in [0.29, 0.717) is 24.3 Å². The van der Waals surface area contributed by atoms with Crippen LogP contribution in [-0.2, 0) is 4.79 Å². The van der Waals surface area contributed by atoms with Gasteiger partial charge in [-0.2, -0.15) is 0 Å². The van der Waals surface area contributed by atoms with Gasteiger partial charge in [-0.3, -0.25) is 4.79 Å². The lowest BCUT2D eigenvalue weighted by atomic mass is 9.67. The molecular formula is C14H19N3O3. The molecule has 0 radical (unpaired) electrons. The second-order valence-electron chi connectivity index (χ2n) is 4.99. The molecule has 0 bridgehead atoms. The minimum atomic E-state index is -0.868. The summed E-state index contributed by atoms with van der Waals surface area (Å²) in [6, 6.07) is 7.22. The molecule has 1 aliphatic rings. The number of hydrogen-bond acceptors (Lipinski definition) is 4. The molecule has 0 aromatic heterocycles. The van der Waals surface area contributed by atoms with Crippen LogP contribution in [-0.4, -0.2) is 31.1 Å². The van der Waals surface area contributed by atoms with E-state index in [1.807, 2.05) is 18.2 Å². The maximum atomic E-state index is 12.7. The summed E-state index contributed by atoms with van der Waals surface area (Å²) < 4.78 is 5.15. The van der Waals surface area contributed by atoms with E-state index in [9.17, 15) is 4.79 Å². The van der Waals surface area contributed by atoms with Crippen LogP contribution in [0.1, 0.15) is 19.3 Å². The highest BCUT2D eigenvalue weighted by molar-refractivity contribution is 6.13. The zero-order valence-electron chi connectivity index (χ0n) is 11.7. The number of amidine groups is 1. The third-order valence-electron chi connectivity index (χ3n) is 3.96. The third-order valence-corrected chi connectivity index (χ3v) is 3.96. The highest BCUT2D eigenvalue weighted by Gasteiger charge is 2.50. The second-order valence-corrected chi connectivity index (χ2v) is 4.99. The number of amides is 1. The molecule has 3 N–H and O–H groups in total. The average molecular weight is 277 g/mol. The Hall–Kier alpha value is -2.24. The van der Waals surface area contributed by atoms with Gasteiger partial charge in [-0.1, -0.05) is 17.6 Å². The predicted molar refractivity (Wildman–Crippen MR) is 76.1 cm³/mol. The van der Waals surface area contributed by atoms with Crippen molar-refractivity contribution in [3.8, 4) is 5.75 Å². The fourth-order valence-corrected chi connectivity index (χ4v) is 2.46. The molecule has 1 saturated carbocycles. The van der Waals surface area contributed by atoms with Crippen LogP contribution in [0.15, 0.2) is 29.4 Å². The Morgan fingerprint density at radius 3 is 2.70 bits per heavy atom. The van der Waals surface area contributed by atoms with Gasteiger partial charge in [-0.05, 0) is 25.0 Å². The Morgan fingerprint density at radius 2 is 2.20 bits per heavy atom. The number of nitrogens with two attached hydrogens (primary N) is 1. The van der Waals surface area contributed by atoms with Crippen LogP contribution in [0.2, 0.25) is 0 Å². The Morgan fingerprint density at radius 1 is 1.50 bits per heavy atom. The van der Waals surface area contributed by atoms with E-state index in [-0.39, 0.29) is 11.7 Å². The molecule has 20 heavy (non-hydrogen) atoms. The van der Waals surface area contributed by atoms with Gasteiger partial charge in [0.05, 0.1) is 7.11 Å². The van der Waals surface area contributed by atoms with Gasteiger partial charge in [0.25, 0.3) is 0 Å². The quantitative estimate of drug-likeness (QED) is 0.378. The van der Waals surface area contributed by atoms with Crippen molar-refractivity contribution in [3.63, 3.8) is 0 Å². The first kappa shape index (κ1) is 14.2. The molecule has 1 aromatic carbocycles. The number of hydrogen-bond donors (Lipinski definition) is 2. The zero-order chi connectivity index (χ0) is 14.8. The first-order valence-corrected chi connectivity index (χ1v) is 6.45. The maximum absolute atomic E-state index is 12.7. The number of anilines is 1. The number of oxime groups is 1. The van der Waals surface area contributed by atoms with Crippen molar-refractivity contribution in [3.05, 3.63) is 24.3 Å². The Kier molecular flexibility index (Phi) is 3.83. The van der Waals surface area contributed by atoms with Gasteiger partial charge >= 0.3 is 0 Å². The topological polar surface area (TPSA) is 88.2 Å². The Labute approximate surface area is 117 Å². The monoisotopic (exact) mass is 277 g/mol. The number of nitrogens with zero attached hydrogens (tertiary/aromatic N) is 2. The summed E-state index contributed by atoms with van der Waals surface area (Å²) in [6.07, 6.45) is 2.11. The highest BCUT2D eigenvalue weighted by atomic mass is 16.5. The fourth-order valence-electron chi connectivity index (χ4n) is 2.46. The largest absolute Gasteiger partial charge is 0.497 e. The van der Waals surface area contributed by atoms with Crippen molar-refractivity contribution >= 4 is 17.4 Å². The smallest absolute Gasteiger partial charge is 0.240 e. The normalized spacial score (nSPS) is 17.2. The molecule has 6 nitrogen and oxygen atoms in total. The van der Waals surface area contributed by atoms with Crippen LogP contribution in [0.5, 0.6) is 5.75 Å². The molecule has 1 fully saturated rings. The molecule has 0 unspecified atom stereocenters. The van der Waals surface area contributed by atoms with Crippen molar-refractivity contribution in [1.29, 1.82) is 0 Å². The number of methoxy groups -OCH3 is 1. The molecule has 0 spiro atoms. The number of benzene rings is 1. The van der Waals surface area contributed by atoms with E-state index in [2.05, 4.69) is 5.16 Å². The average Bonchev–Trinajstić information content (AvgIpc) is 2.44. The Balaban J connectivity index is 2.28. The molecule has 6 heteroatoms. The summed E-state index contributed by atoms with van der Waals surface area (Å²) >= 11 is 0. The molecule has 2 rings (SSSR count). The number of ether oxygens (including phenoxy) is 1. The summed E-state index contributed by atoms with van der Waals surface area (Å²) in [7, 11) is 3.26. The first-order chi connectivity index (χ1) is 9.55. The van der Waals surface area contributed by atoms with E-state index < -0.39 is 5.41 Å². The zero-order valence-corrected chi connectivity index (χ0v) is 11.7. The van der Waals surface area contributed by atoms with Crippen LogP contribution in [0, 0.1) is 5.41 Å². The van der Waals surface area contributed by atoms with Crippen LogP contribution < -0.4 is 15.4 Å². The molecule has 1 aromatic rings. The number of carbonyl (C=O) groups is 1. The van der Waals surface area contributed by atoms with Gasteiger partial charge in [0.1, 0.15) is 11.2 Å². The molecule has 0 aliphatic heterocycles. The van der Waals surface area contributed by atoms with Crippen LogP contribution in [0.4, 0.5) is 5.69 Å². The van der Waals surface area contributed by atoms with E-state index in [1.165, 1.54) is 4.90 Å². The predicted octanol–water partition coefficient (Wildman–Crippen LogP) is 1.57. The summed E-state index contributed by atoms with van der Waals surface area (Å²) in [5, 5.41) is 11.9. The molecular weight excluding hydrogens is 258 g/mol. The van der Waals surface area contributed by atoms with Gasteiger partial charge < -0.3 is 20.6 Å². The molecule has 108 valence electrons. The van der Waals surface area contributed by atoms with Crippen LogP contribution in [0.3, 0.4) is 0 Å². The number of carbonyl (C=O) groups excluding carboxylic acids is 1. The third kappa shape index (κ3) is 2.17. The van der Waals surface area contributed by atoms with Gasteiger partial charge in [-0.15, -0.1) is 0 Å². The summed E-state index contributed by atoms with van der Waals surface area (Å²) in [5.74, 6) is 0.504. The Bertz CT molecular complexity index is 538. The summed E-state index contributed by atoms with van der Waals surface area (Å²) in [6.45, 7) is 0. The van der Waals surface area contributed by atoms with Gasteiger partial charge in [0.2, 0.25) is 5.91 Å². The maximum Gasteiger partial charge on any atom is 0.240 e. The standard InChI is InChI=1S/C14H19N3O3/c1-17(10-5-3-6-11(9-10)20-2)13(18)14(7-4-8-14)12(15)16-19/h3,5-6,9,19H,4,7-8H2,1-2H3,(H2,15,16). The minimum Gasteiger partial charge on any atom is -0.497 e. The molecule has 0 atom stereocenters. The van der Waals surface area contributed by atoms with Crippen molar-refractivity contribution in [2.75, 3.05) is 19.1 Å². The van der Waals surface area contributed by atoms with Crippen LogP contribution in [0.25, 0.3) is 0 Å². The highest BCUT2D eigenvalue weighted by Crippen LogP contribution is 2.43. The van der Waals surface area contributed by atoms with Crippen LogP contribution >= 0.6 is 0 Å². The molecule has 1 aliphatic carbocycles. The van der Waals surface area contributed by atoms with E-state index in [1.54, 1.807) is 20.2 Å². The van der Waals surface area contributed by atoms with E-state index in [0.717, 1.165) is 6.42 Å². The summed E-state index contributed by atoms with van der Waals surface area (Å²) in [5.41, 5.74) is 5.56. The van der Waals surface area contributed by atoms with Gasteiger partial charge in [0, 0.05) is 18.8 Å². The fraction of sp³-hybridized carbons (Fsp3) is 0.429. The van der Waals surface area contributed by atoms with Crippen molar-refractivity contribution in [1.82, 2.24) is 0 Å². The summed E-state index contributed by atoms with van der Waals surface area (Å²) in [4.78, 5) is 14.2.